The molecule has 0 fully saturated rings. The molecule has 0 unspecified atom stereocenters. The Morgan fingerprint density at radius 3 is 2.62 bits per heavy atom. The van der Waals surface area contributed by atoms with Crippen LogP contribution in [0.4, 0.5) is 11.4 Å². The molecule has 0 saturated carbocycles. The largest absolute Gasteiger partial charge is 0.505 e. The van der Waals surface area contributed by atoms with E-state index >= 15 is 0 Å². The lowest BCUT2D eigenvalue weighted by Crippen LogP contribution is -2.42. The monoisotopic (exact) mass is 452 g/mol. The highest BCUT2D eigenvalue weighted by atomic mass is 35.5. The highest BCUT2D eigenvalue weighted by Crippen LogP contribution is 2.35. The van der Waals surface area contributed by atoms with E-state index in [0.29, 0.717) is 16.6 Å². The molecule has 8 nitrogen and oxygen atoms in total. The van der Waals surface area contributed by atoms with Gasteiger partial charge in [-0.05, 0) is 42.5 Å². The van der Waals surface area contributed by atoms with Crippen LogP contribution in [0.2, 0.25) is 10.0 Å². The average Bonchev–Trinajstić information content (AvgIpc) is 3.15. The Morgan fingerprint density at radius 1 is 1.17 bits per heavy atom. The van der Waals surface area contributed by atoms with Crippen molar-refractivity contribution in [2.75, 3.05) is 16.3 Å². The van der Waals surface area contributed by atoms with Crippen molar-refractivity contribution in [2.45, 2.75) is 4.90 Å². The first-order valence-electron chi connectivity index (χ1n) is 8.22. The lowest BCUT2D eigenvalue weighted by atomic mass is 10.2. The number of sulfonamides is 1. The first kappa shape index (κ1) is 19.4. The number of nitrogens with zero attached hydrogens (tertiary/aromatic N) is 2. The van der Waals surface area contributed by atoms with Crippen LogP contribution in [0.5, 0.6) is 5.75 Å². The predicted molar refractivity (Wildman–Crippen MR) is 110 cm³/mol. The Bertz CT molecular complexity index is 1320. The number of hydrogen-bond acceptors (Lipinski definition) is 7. The Kier molecular flexibility index (Phi) is 4.81. The molecule has 11 heteroatoms. The lowest BCUT2D eigenvalue weighted by Gasteiger charge is -2.24. The number of rotatable bonds is 4. The van der Waals surface area contributed by atoms with Crippen LogP contribution in [0.1, 0.15) is 0 Å². The van der Waals surface area contributed by atoms with Crippen LogP contribution in [0.3, 0.4) is 0 Å². The molecule has 0 saturated heterocycles. The fraction of sp³-hybridized carbons (Fsp3) is 0.0556. The summed E-state index contributed by atoms with van der Waals surface area (Å²) in [4.78, 5) is 5.65. The maximum atomic E-state index is 12.6. The molecule has 0 spiro atoms. The van der Waals surface area contributed by atoms with E-state index in [1.54, 1.807) is 35.2 Å². The van der Waals surface area contributed by atoms with E-state index in [1.165, 1.54) is 12.3 Å². The predicted octanol–water partition coefficient (Wildman–Crippen LogP) is 2.21. The molecule has 0 atom stereocenters. The van der Waals surface area contributed by atoms with E-state index in [9.17, 15) is 13.5 Å². The number of benzene rings is 2. The van der Waals surface area contributed by atoms with Crippen LogP contribution < -0.4 is 26.1 Å². The van der Waals surface area contributed by atoms with Crippen molar-refractivity contribution in [3.05, 3.63) is 69.5 Å². The van der Waals surface area contributed by atoms with Gasteiger partial charge in [0.1, 0.15) is 17.4 Å². The molecule has 0 bridgehead atoms. The molecule has 1 aromatic heterocycles. The number of phenolic OH excluding ortho intramolecular Hbond substituents is 1. The molecule has 29 heavy (non-hydrogen) atoms. The Balaban J connectivity index is 1.61. The van der Waals surface area contributed by atoms with Crippen molar-refractivity contribution in [1.82, 2.24) is 0 Å². The molecule has 1 aliphatic heterocycles. The van der Waals surface area contributed by atoms with Gasteiger partial charge in [0.2, 0.25) is 5.55 Å². The summed E-state index contributed by atoms with van der Waals surface area (Å²) in [6.07, 6.45) is 1.51. The number of phenols is 1. The van der Waals surface area contributed by atoms with Gasteiger partial charge in [-0.1, -0.05) is 23.2 Å². The first-order valence-corrected chi connectivity index (χ1v) is 10.5. The zero-order valence-electron chi connectivity index (χ0n) is 14.6. The molecule has 1 aliphatic rings. The second-order valence-electron chi connectivity index (χ2n) is 6.14. The van der Waals surface area contributed by atoms with Crippen molar-refractivity contribution in [2.24, 2.45) is 10.7 Å². The van der Waals surface area contributed by atoms with E-state index < -0.39 is 20.7 Å². The van der Waals surface area contributed by atoms with Crippen LogP contribution in [-0.2, 0) is 10.0 Å². The summed E-state index contributed by atoms with van der Waals surface area (Å²) < 4.78 is 32.9. The number of halogens is 2. The quantitative estimate of drug-likeness (QED) is 0.557. The molecule has 0 aliphatic carbocycles. The summed E-state index contributed by atoms with van der Waals surface area (Å²) in [5, 5.41) is 10.6. The number of nitrogens with two attached hydrogens (primary N) is 1. The van der Waals surface area contributed by atoms with Gasteiger partial charge >= 0.3 is 0 Å². The van der Waals surface area contributed by atoms with Gasteiger partial charge in [0.15, 0.2) is 5.75 Å². The molecule has 0 amide bonds. The number of furan rings is 1. The Labute approximate surface area is 175 Å². The maximum absolute atomic E-state index is 12.6. The summed E-state index contributed by atoms with van der Waals surface area (Å²) in [5.41, 5.74) is 7.66. The fourth-order valence-electron chi connectivity index (χ4n) is 2.86. The minimum atomic E-state index is -4.11. The van der Waals surface area contributed by atoms with Gasteiger partial charge in [-0.25, -0.2) is 13.4 Å². The molecule has 0 radical (unpaired) electrons. The van der Waals surface area contributed by atoms with Gasteiger partial charge < -0.3 is 20.2 Å². The van der Waals surface area contributed by atoms with E-state index in [2.05, 4.69) is 9.71 Å². The molecule has 150 valence electrons. The van der Waals surface area contributed by atoms with Crippen LogP contribution in [0.15, 0.2) is 63.0 Å². The fourth-order valence-corrected chi connectivity index (χ4v) is 4.68. The van der Waals surface area contributed by atoms with E-state index in [1.807, 2.05) is 0 Å². The number of fused-ring (bicyclic) bond motifs is 1. The summed E-state index contributed by atoms with van der Waals surface area (Å²) in [5.74, 6) is -0.0935. The summed E-state index contributed by atoms with van der Waals surface area (Å²) in [7, 11) is -4.11. The van der Waals surface area contributed by atoms with Gasteiger partial charge in [-0.15, -0.1) is 0 Å². The minimum absolute atomic E-state index is 0.0852. The zero-order chi connectivity index (χ0) is 20.8. The molecule has 4 N–H and O–H groups in total. The maximum Gasteiger partial charge on any atom is 0.265 e. The van der Waals surface area contributed by atoms with Gasteiger partial charge in [0, 0.05) is 16.4 Å². The normalized spacial score (nSPS) is 13.7. The summed E-state index contributed by atoms with van der Waals surface area (Å²) in [6, 6.07) is 10.6. The van der Waals surface area contributed by atoms with Crippen molar-refractivity contribution in [1.29, 1.82) is 0 Å². The number of aromatic hydroxyl groups is 1. The highest BCUT2D eigenvalue weighted by molar-refractivity contribution is 7.92. The Morgan fingerprint density at radius 2 is 1.90 bits per heavy atom. The topological polar surface area (TPSA) is 121 Å². The average molecular weight is 453 g/mol. The second-order valence-corrected chi connectivity index (χ2v) is 8.63. The zero-order valence-corrected chi connectivity index (χ0v) is 17.0. The third-order valence-electron chi connectivity index (χ3n) is 4.28. The summed E-state index contributed by atoms with van der Waals surface area (Å²) >= 11 is 11.7. The van der Waals surface area contributed by atoms with Crippen LogP contribution in [0.25, 0.3) is 5.82 Å². The summed E-state index contributed by atoms with van der Waals surface area (Å²) in [6.45, 7) is 0.270. The highest BCUT2D eigenvalue weighted by Gasteiger charge is 2.22. The second kappa shape index (κ2) is 7.18. The lowest BCUT2D eigenvalue weighted by molar-refractivity contribution is 0.459. The van der Waals surface area contributed by atoms with Crippen LogP contribution >= 0.6 is 23.2 Å². The number of hydrogen-bond donors (Lipinski definition) is 3. The number of anilines is 2. The van der Waals surface area contributed by atoms with Crippen molar-refractivity contribution in [3.63, 3.8) is 0 Å². The molecule has 4 rings (SSSR count). The standard InChI is InChI=1S/C18H14Cl2N4O4S/c19-10-7-14(20)16(25)15(8-10)29(26,27)23-11-1-3-12(4-2-11)24-9-22-18-13(17(24)21)5-6-28-18/h1-8,23,25H,9,21H2. The SMILES string of the molecule is NC1=c2ccoc2=NCN1c1ccc(NS(=O)(=O)c2cc(Cl)cc(Cl)c2O)cc1. The van der Waals surface area contributed by atoms with Gasteiger partial charge in [-0.3, -0.25) is 4.72 Å². The van der Waals surface area contributed by atoms with Gasteiger partial charge in [0.25, 0.3) is 10.0 Å². The van der Waals surface area contributed by atoms with Crippen molar-refractivity contribution < 1.29 is 17.9 Å². The molecule has 2 aromatic carbocycles. The van der Waals surface area contributed by atoms with E-state index in [0.717, 1.165) is 11.8 Å². The van der Waals surface area contributed by atoms with E-state index in [4.69, 9.17) is 33.4 Å². The number of nitrogens with one attached hydrogen (secondary N) is 1. The molecular formula is C18H14Cl2N4O4S. The Hall–Kier alpha value is -2.88. The molecule has 3 aromatic rings. The van der Waals surface area contributed by atoms with E-state index in [-0.39, 0.29) is 22.4 Å². The minimum Gasteiger partial charge on any atom is -0.505 e. The third-order valence-corrected chi connectivity index (χ3v) is 6.18. The molecular weight excluding hydrogens is 439 g/mol. The van der Waals surface area contributed by atoms with Gasteiger partial charge in [-0.2, -0.15) is 0 Å². The third kappa shape index (κ3) is 3.59. The van der Waals surface area contributed by atoms with Crippen LogP contribution in [0, 0.1) is 0 Å². The van der Waals surface area contributed by atoms with Gasteiger partial charge in [0.05, 0.1) is 16.5 Å². The molecule has 2 heterocycles. The first-order chi connectivity index (χ1) is 13.8. The smallest absolute Gasteiger partial charge is 0.265 e. The van der Waals surface area contributed by atoms with Crippen molar-refractivity contribution >= 4 is 50.4 Å². The van der Waals surface area contributed by atoms with Crippen LogP contribution in [-0.4, -0.2) is 20.2 Å². The van der Waals surface area contributed by atoms with Crippen molar-refractivity contribution in [3.8, 4) is 5.75 Å².